The number of likely N-dealkylation sites (tertiary alicyclic amines) is 1. The number of piperidine rings is 1. The first kappa shape index (κ1) is 22.8. The van der Waals surface area contributed by atoms with Crippen LogP contribution >= 0.6 is 0 Å². The molecule has 3 rings (SSSR count). The molecule has 166 valence electrons. The fourth-order valence-electron chi connectivity index (χ4n) is 4.71. The van der Waals surface area contributed by atoms with Crippen molar-refractivity contribution in [1.82, 2.24) is 4.90 Å². The number of rotatable bonds is 8. The zero-order chi connectivity index (χ0) is 21.6. The second-order valence-electron chi connectivity index (χ2n) is 8.69. The molecule has 1 aromatic carbocycles. The predicted molar refractivity (Wildman–Crippen MR) is 116 cm³/mol. The summed E-state index contributed by atoms with van der Waals surface area (Å²) in [6, 6.07) is 10.2. The summed E-state index contributed by atoms with van der Waals surface area (Å²) in [5, 5.41) is 0. The van der Waals surface area contributed by atoms with E-state index in [1.165, 1.54) is 5.56 Å². The first-order chi connectivity index (χ1) is 14.3. The van der Waals surface area contributed by atoms with E-state index in [-0.39, 0.29) is 29.3 Å². The minimum atomic E-state index is -2.97. The molecule has 1 unspecified atom stereocenters. The molecule has 2 fully saturated rings. The average molecular weight is 436 g/mol. The highest BCUT2D eigenvalue weighted by molar-refractivity contribution is 7.91. The standard InChI is InChI=1S/C23H33NO5S/c1-2-29-22(26)23(11-6-9-19-7-4-3-5-8-19)12-14-24(15-13-23)21(25)17-20-10-16-30(27,28)18-20/h3-5,7-8,20H,2,6,9-18H2,1H3. The Kier molecular flexibility index (Phi) is 7.55. The predicted octanol–water partition coefficient (Wildman–Crippen LogP) is 3.01. The molecule has 2 aliphatic heterocycles. The molecule has 0 aromatic heterocycles. The Bertz CT molecular complexity index is 828. The summed E-state index contributed by atoms with van der Waals surface area (Å²) in [4.78, 5) is 27.3. The Morgan fingerprint density at radius 2 is 1.87 bits per heavy atom. The zero-order valence-corrected chi connectivity index (χ0v) is 18.7. The van der Waals surface area contributed by atoms with E-state index in [1.807, 2.05) is 25.1 Å². The maximum atomic E-state index is 12.8. The van der Waals surface area contributed by atoms with Crippen molar-refractivity contribution in [2.45, 2.75) is 51.9 Å². The average Bonchev–Trinajstić information content (AvgIpc) is 3.07. The molecule has 6 nitrogen and oxygen atoms in total. The van der Waals surface area contributed by atoms with Gasteiger partial charge in [0.2, 0.25) is 5.91 Å². The Morgan fingerprint density at radius 3 is 2.47 bits per heavy atom. The number of nitrogens with zero attached hydrogens (tertiary/aromatic N) is 1. The monoisotopic (exact) mass is 435 g/mol. The van der Waals surface area contributed by atoms with Gasteiger partial charge in [-0.1, -0.05) is 30.3 Å². The van der Waals surface area contributed by atoms with Crippen LogP contribution in [-0.4, -0.2) is 56.4 Å². The van der Waals surface area contributed by atoms with E-state index in [1.54, 1.807) is 4.90 Å². The van der Waals surface area contributed by atoms with Crippen molar-refractivity contribution in [1.29, 1.82) is 0 Å². The molecule has 0 spiro atoms. The van der Waals surface area contributed by atoms with Crippen LogP contribution < -0.4 is 0 Å². The van der Waals surface area contributed by atoms with Crippen LogP contribution in [0.3, 0.4) is 0 Å². The number of ether oxygens (including phenoxy) is 1. The van der Waals surface area contributed by atoms with Gasteiger partial charge in [0.25, 0.3) is 0 Å². The highest BCUT2D eigenvalue weighted by Crippen LogP contribution is 2.38. The molecule has 2 saturated heterocycles. The summed E-state index contributed by atoms with van der Waals surface area (Å²) in [6.45, 7) is 3.24. The molecule has 2 heterocycles. The summed E-state index contributed by atoms with van der Waals surface area (Å²) in [7, 11) is -2.97. The number of hydrogen-bond acceptors (Lipinski definition) is 5. The lowest BCUT2D eigenvalue weighted by Gasteiger charge is -2.40. The fraction of sp³-hybridized carbons (Fsp3) is 0.652. The van der Waals surface area contributed by atoms with Gasteiger partial charge >= 0.3 is 5.97 Å². The van der Waals surface area contributed by atoms with E-state index >= 15 is 0 Å². The zero-order valence-electron chi connectivity index (χ0n) is 17.8. The highest BCUT2D eigenvalue weighted by atomic mass is 32.2. The van der Waals surface area contributed by atoms with Gasteiger partial charge in [-0.2, -0.15) is 0 Å². The van der Waals surface area contributed by atoms with Crippen LogP contribution in [0.25, 0.3) is 0 Å². The highest BCUT2D eigenvalue weighted by Gasteiger charge is 2.43. The third-order valence-corrected chi connectivity index (χ3v) is 8.37. The normalized spacial score (nSPS) is 22.6. The van der Waals surface area contributed by atoms with E-state index in [2.05, 4.69) is 12.1 Å². The van der Waals surface area contributed by atoms with E-state index in [4.69, 9.17) is 4.74 Å². The maximum absolute atomic E-state index is 12.8. The summed E-state index contributed by atoms with van der Waals surface area (Å²) >= 11 is 0. The molecule has 1 aromatic rings. The van der Waals surface area contributed by atoms with Crippen LogP contribution in [0.5, 0.6) is 0 Å². The summed E-state index contributed by atoms with van der Waals surface area (Å²) in [5.41, 5.74) is 0.730. The molecule has 7 heteroatoms. The van der Waals surface area contributed by atoms with Crippen molar-refractivity contribution in [3.63, 3.8) is 0 Å². The third kappa shape index (κ3) is 5.84. The maximum Gasteiger partial charge on any atom is 0.312 e. The van der Waals surface area contributed by atoms with Gasteiger partial charge in [0, 0.05) is 19.5 Å². The minimum absolute atomic E-state index is 0.0128. The van der Waals surface area contributed by atoms with Gasteiger partial charge in [0.1, 0.15) is 0 Å². The molecule has 30 heavy (non-hydrogen) atoms. The second-order valence-corrected chi connectivity index (χ2v) is 10.9. The molecule has 0 saturated carbocycles. The second kappa shape index (κ2) is 9.94. The number of benzene rings is 1. The molecule has 0 radical (unpaired) electrons. The first-order valence-electron chi connectivity index (χ1n) is 11.0. The SMILES string of the molecule is CCOC(=O)C1(CCCc2ccccc2)CCN(C(=O)CC2CCS(=O)(=O)C2)CC1. The third-order valence-electron chi connectivity index (χ3n) is 6.54. The van der Waals surface area contributed by atoms with Crippen LogP contribution in [0.1, 0.15) is 51.0 Å². The fourth-order valence-corrected chi connectivity index (χ4v) is 6.57. The molecule has 0 N–H and O–H groups in total. The number of sulfone groups is 1. The first-order valence-corrected chi connectivity index (χ1v) is 12.8. The van der Waals surface area contributed by atoms with Crippen molar-refractivity contribution in [2.24, 2.45) is 11.3 Å². The quantitative estimate of drug-likeness (QED) is 0.587. The van der Waals surface area contributed by atoms with Crippen LogP contribution in [0.4, 0.5) is 0 Å². The van der Waals surface area contributed by atoms with Gasteiger partial charge in [-0.15, -0.1) is 0 Å². The van der Waals surface area contributed by atoms with E-state index in [0.29, 0.717) is 45.4 Å². The Labute approximate surface area is 179 Å². The molecule has 0 bridgehead atoms. The van der Waals surface area contributed by atoms with Crippen molar-refractivity contribution < 1.29 is 22.7 Å². The van der Waals surface area contributed by atoms with Crippen LogP contribution in [0.15, 0.2) is 30.3 Å². The number of carbonyl (C=O) groups is 2. The number of hydrogen-bond donors (Lipinski definition) is 0. The molecule has 1 amide bonds. The number of esters is 1. The van der Waals surface area contributed by atoms with E-state index < -0.39 is 15.3 Å². The van der Waals surface area contributed by atoms with Gasteiger partial charge in [-0.3, -0.25) is 9.59 Å². The Balaban J connectivity index is 1.55. The lowest BCUT2D eigenvalue weighted by Crippen LogP contribution is -2.47. The molecule has 2 aliphatic rings. The molecular weight excluding hydrogens is 402 g/mol. The van der Waals surface area contributed by atoms with Gasteiger partial charge in [-0.05, 0) is 56.9 Å². The van der Waals surface area contributed by atoms with Crippen molar-refractivity contribution in [2.75, 3.05) is 31.2 Å². The van der Waals surface area contributed by atoms with Crippen molar-refractivity contribution in [3.05, 3.63) is 35.9 Å². The summed E-state index contributed by atoms with van der Waals surface area (Å²) in [5.74, 6) is 0.118. The van der Waals surface area contributed by atoms with Crippen molar-refractivity contribution in [3.8, 4) is 0 Å². The summed E-state index contributed by atoms with van der Waals surface area (Å²) < 4.78 is 28.7. The van der Waals surface area contributed by atoms with Gasteiger partial charge in [-0.25, -0.2) is 8.42 Å². The lowest BCUT2D eigenvalue weighted by atomic mass is 9.74. The van der Waals surface area contributed by atoms with E-state index in [0.717, 1.165) is 19.3 Å². The van der Waals surface area contributed by atoms with Gasteiger partial charge in [0.05, 0.1) is 23.5 Å². The van der Waals surface area contributed by atoms with Crippen molar-refractivity contribution >= 4 is 21.7 Å². The minimum Gasteiger partial charge on any atom is -0.466 e. The molecular formula is C23H33NO5S. The van der Waals surface area contributed by atoms with Gasteiger partial charge in [0.15, 0.2) is 9.84 Å². The lowest BCUT2D eigenvalue weighted by molar-refractivity contribution is -0.161. The number of amides is 1. The summed E-state index contributed by atoms with van der Waals surface area (Å²) in [6.07, 6.45) is 4.65. The van der Waals surface area contributed by atoms with E-state index in [9.17, 15) is 18.0 Å². The number of carbonyl (C=O) groups excluding carboxylic acids is 2. The van der Waals surface area contributed by atoms with Crippen LogP contribution in [0, 0.1) is 11.3 Å². The van der Waals surface area contributed by atoms with Crippen LogP contribution in [-0.2, 0) is 30.6 Å². The topological polar surface area (TPSA) is 80.8 Å². The Morgan fingerprint density at radius 1 is 1.17 bits per heavy atom. The number of aryl methyl sites for hydroxylation is 1. The molecule has 0 aliphatic carbocycles. The molecule has 1 atom stereocenters. The van der Waals surface area contributed by atoms with Crippen LogP contribution in [0.2, 0.25) is 0 Å². The smallest absolute Gasteiger partial charge is 0.312 e. The Hall–Kier alpha value is -1.89. The largest absolute Gasteiger partial charge is 0.466 e. The van der Waals surface area contributed by atoms with Gasteiger partial charge < -0.3 is 9.64 Å².